The lowest BCUT2D eigenvalue weighted by molar-refractivity contribution is -0.204. The van der Waals surface area contributed by atoms with Gasteiger partial charge < -0.3 is 9.47 Å². The van der Waals surface area contributed by atoms with Gasteiger partial charge in [-0.05, 0) is 6.92 Å². The number of cyclic esters (lactones) is 1. The minimum atomic E-state index is -0.736. The van der Waals surface area contributed by atoms with Crippen LogP contribution in [0, 0.1) is 0 Å². The molecular weight excluding hydrogens is 148 g/mol. The number of hydrogen-bond donors (Lipinski definition) is 0. The maximum absolute atomic E-state index is 10.6. The molecule has 0 amide bonds. The largest absolute Gasteiger partial charge is 0.455 e. The van der Waals surface area contributed by atoms with E-state index in [1.807, 2.05) is 0 Å². The van der Waals surface area contributed by atoms with E-state index in [1.165, 1.54) is 0 Å². The Hall–Kier alpha value is -1.32. The molecule has 1 fully saturated rings. The van der Waals surface area contributed by atoms with Crippen molar-refractivity contribution in [1.29, 1.82) is 0 Å². The van der Waals surface area contributed by atoms with Crippen LogP contribution in [0.2, 0.25) is 0 Å². The third-order valence-electron chi connectivity index (χ3n) is 1.37. The smallest absolute Gasteiger partial charge is 0.351 e. The molecule has 0 aromatic heterocycles. The van der Waals surface area contributed by atoms with Crippen LogP contribution < -0.4 is 0 Å². The molecule has 0 N–H and O–H groups in total. The second kappa shape index (κ2) is 2.74. The highest BCUT2D eigenvalue weighted by molar-refractivity contribution is 5.87. The zero-order chi connectivity index (χ0) is 8.43. The molecule has 0 radical (unpaired) electrons. The van der Waals surface area contributed by atoms with Gasteiger partial charge in [0.1, 0.15) is 6.10 Å². The Labute approximate surface area is 63.8 Å². The van der Waals surface area contributed by atoms with E-state index in [-0.39, 0.29) is 6.10 Å². The molecule has 1 heterocycles. The van der Waals surface area contributed by atoms with Crippen LogP contribution in [0.4, 0.5) is 0 Å². The zero-order valence-electron chi connectivity index (χ0n) is 6.07. The van der Waals surface area contributed by atoms with E-state index in [1.54, 1.807) is 6.92 Å². The maximum atomic E-state index is 10.6. The van der Waals surface area contributed by atoms with Crippen LogP contribution in [0.15, 0.2) is 12.7 Å². The summed E-state index contributed by atoms with van der Waals surface area (Å²) >= 11 is 0. The fourth-order valence-electron chi connectivity index (χ4n) is 0.749. The van der Waals surface area contributed by atoms with E-state index in [0.717, 1.165) is 6.08 Å². The third-order valence-corrected chi connectivity index (χ3v) is 1.37. The molecule has 4 heteroatoms. The summed E-state index contributed by atoms with van der Waals surface area (Å²) in [5, 5.41) is 0. The molecule has 1 rings (SSSR count). The number of hydrogen-bond acceptors (Lipinski definition) is 4. The highest BCUT2D eigenvalue weighted by atomic mass is 16.6. The summed E-state index contributed by atoms with van der Waals surface area (Å²) in [4.78, 5) is 21.1. The summed E-state index contributed by atoms with van der Waals surface area (Å²) < 4.78 is 9.17. The standard InChI is InChI=1S/C7H8O4/c1-3-5(8)11-6-4(2)10-7(6)9/h3-4,6H,1H2,2H3. The lowest BCUT2D eigenvalue weighted by Gasteiger charge is -2.30. The molecule has 4 nitrogen and oxygen atoms in total. The molecule has 0 aromatic carbocycles. The van der Waals surface area contributed by atoms with Gasteiger partial charge >= 0.3 is 11.9 Å². The quantitative estimate of drug-likeness (QED) is 0.418. The molecule has 60 valence electrons. The molecule has 0 aromatic rings. The van der Waals surface area contributed by atoms with E-state index in [2.05, 4.69) is 16.1 Å². The first-order valence-electron chi connectivity index (χ1n) is 3.18. The first-order valence-corrected chi connectivity index (χ1v) is 3.18. The summed E-state index contributed by atoms with van der Waals surface area (Å²) in [6, 6.07) is 0. The summed E-state index contributed by atoms with van der Waals surface area (Å²) in [6.07, 6.45) is -0.0508. The van der Waals surface area contributed by atoms with Gasteiger partial charge in [-0.25, -0.2) is 9.59 Å². The Morgan fingerprint density at radius 3 is 2.82 bits per heavy atom. The van der Waals surface area contributed by atoms with Gasteiger partial charge in [0.15, 0.2) is 0 Å². The normalized spacial score (nSPS) is 28.3. The monoisotopic (exact) mass is 156 g/mol. The minimum absolute atomic E-state index is 0.327. The van der Waals surface area contributed by atoms with Crippen molar-refractivity contribution in [3.63, 3.8) is 0 Å². The first kappa shape index (κ1) is 7.78. The van der Waals surface area contributed by atoms with Crippen molar-refractivity contribution in [2.45, 2.75) is 19.1 Å². The average Bonchev–Trinajstić information content (AvgIpc) is 2.00. The molecule has 2 unspecified atom stereocenters. The molecule has 0 spiro atoms. The number of carbonyl (C=O) groups is 2. The highest BCUT2D eigenvalue weighted by Gasteiger charge is 2.42. The lowest BCUT2D eigenvalue weighted by atomic mass is 10.1. The van der Waals surface area contributed by atoms with E-state index in [0.29, 0.717) is 0 Å². The van der Waals surface area contributed by atoms with Crippen molar-refractivity contribution >= 4 is 11.9 Å². The molecule has 1 saturated heterocycles. The van der Waals surface area contributed by atoms with Crippen molar-refractivity contribution in [3.05, 3.63) is 12.7 Å². The Balaban J connectivity index is 2.42. The molecular formula is C7H8O4. The Morgan fingerprint density at radius 1 is 1.82 bits per heavy atom. The SMILES string of the molecule is C=CC(=O)OC1C(=O)OC1C. The first-order chi connectivity index (χ1) is 5.15. The maximum Gasteiger partial charge on any atom is 0.351 e. The van der Waals surface area contributed by atoms with Crippen LogP contribution in [-0.2, 0) is 19.1 Å². The second-order valence-electron chi connectivity index (χ2n) is 2.20. The van der Waals surface area contributed by atoms with Gasteiger partial charge in [-0.2, -0.15) is 0 Å². The highest BCUT2D eigenvalue weighted by Crippen LogP contribution is 2.17. The number of carbonyl (C=O) groups excluding carboxylic acids is 2. The molecule has 0 bridgehead atoms. The van der Waals surface area contributed by atoms with Gasteiger partial charge in [0.25, 0.3) is 0 Å². The van der Waals surface area contributed by atoms with Crippen LogP contribution in [0.25, 0.3) is 0 Å². The summed E-state index contributed by atoms with van der Waals surface area (Å²) in [7, 11) is 0. The topological polar surface area (TPSA) is 52.6 Å². The summed E-state index contributed by atoms with van der Waals surface area (Å²) in [5.41, 5.74) is 0. The van der Waals surface area contributed by atoms with E-state index >= 15 is 0 Å². The Morgan fingerprint density at radius 2 is 2.45 bits per heavy atom. The van der Waals surface area contributed by atoms with Gasteiger partial charge in [0.2, 0.25) is 6.10 Å². The zero-order valence-corrected chi connectivity index (χ0v) is 6.07. The van der Waals surface area contributed by atoms with Crippen LogP contribution in [-0.4, -0.2) is 24.1 Å². The fourth-order valence-corrected chi connectivity index (χ4v) is 0.749. The van der Waals surface area contributed by atoms with E-state index in [9.17, 15) is 9.59 Å². The summed E-state index contributed by atoms with van der Waals surface area (Å²) in [5.74, 6) is -1.09. The van der Waals surface area contributed by atoms with Gasteiger partial charge in [0.05, 0.1) is 0 Å². The van der Waals surface area contributed by atoms with Crippen molar-refractivity contribution in [1.82, 2.24) is 0 Å². The molecule has 0 aliphatic carbocycles. The Bertz CT molecular complexity index is 208. The Kier molecular flexibility index (Phi) is 1.94. The van der Waals surface area contributed by atoms with Gasteiger partial charge in [-0.1, -0.05) is 6.58 Å². The number of rotatable bonds is 2. The predicted octanol–water partition coefficient (Wildman–Crippen LogP) is 0.0295. The van der Waals surface area contributed by atoms with E-state index in [4.69, 9.17) is 0 Å². The number of ether oxygens (including phenoxy) is 2. The van der Waals surface area contributed by atoms with Gasteiger partial charge in [-0.15, -0.1) is 0 Å². The van der Waals surface area contributed by atoms with Crippen LogP contribution in [0.1, 0.15) is 6.92 Å². The predicted molar refractivity (Wildman–Crippen MR) is 35.6 cm³/mol. The molecule has 2 atom stereocenters. The van der Waals surface area contributed by atoms with Crippen LogP contribution in [0.5, 0.6) is 0 Å². The summed E-state index contributed by atoms with van der Waals surface area (Å²) in [6.45, 7) is 4.85. The molecule has 1 aliphatic heterocycles. The van der Waals surface area contributed by atoms with Crippen molar-refractivity contribution in [3.8, 4) is 0 Å². The number of esters is 2. The van der Waals surface area contributed by atoms with Crippen molar-refractivity contribution in [2.75, 3.05) is 0 Å². The van der Waals surface area contributed by atoms with Gasteiger partial charge in [0, 0.05) is 6.08 Å². The second-order valence-corrected chi connectivity index (χ2v) is 2.20. The van der Waals surface area contributed by atoms with Crippen molar-refractivity contribution < 1.29 is 19.1 Å². The molecule has 0 saturated carbocycles. The average molecular weight is 156 g/mol. The third kappa shape index (κ3) is 1.39. The van der Waals surface area contributed by atoms with Crippen LogP contribution in [0.3, 0.4) is 0 Å². The molecule has 11 heavy (non-hydrogen) atoms. The fraction of sp³-hybridized carbons (Fsp3) is 0.429. The van der Waals surface area contributed by atoms with Crippen molar-refractivity contribution in [2.24, 2.45) is 0 Å². The lowest BCUT2D eigenvalue weighted by Crippen LogP contribution is -2.50. The van der Waals surface area contributed by atoms with Crippen LogP contribution >= 0.6 is 0 Å². The van der Waals surface area contributed by atoms with E-state index < -0.39 is 18.0 Å². The van der Waals surface area contributed by atoms with Gasteiger partial charge in [-0.3, -0.25) is 0 Å². The minimum Gasteiger partial charge on any atom is -0.455 e. The molecule has 1 aliphatic rings.